The fraction of sp³-hybridized carbons (Fsp3) is 0.211. The molecule has 1 N–H and O–H groups in total. The van der Waals surface area contributed by atoms with Crippen molar-refractivity contribution in [3.63, 3.8) is 0 Å². The summed E-state index contributed by atoms with van der Waals surface area (Å²) in [5, 5.41) is 3.33. The van der Waals surface area contributed by atoms with E-state index >= 15 is 0 Å². The van der Waals surface area contributed by atoms with Crippen molar-refractivity contribution < 1.29 is 14.3 Å². The molecule has 2 aromatic carbocycles. The number of fused-ring (bicyclic) bond motifs is 1. The summed E-state index contributed by atoms with van der Waals surface area (Å²) in [4.78, 5) is 27.8. The molecule has 25 heavy (non-hydrogen) atoms. The van der Waals surface area contributed by atoms with E-state index in [-0.39, 0.29) is 18.3 Å². The van der Waals surface area contributed by atoms with Crippen LogP contribution in [0.25, 0.3) is 10.2 Å². The Morgan fingerprint density at radius 1 is 1.16 bits per heavy atom. The largest absolute Gasteiger partial charge is 0.484 e. The van der Waals surface area contributed by atoms with E-state index < -0.39 is 0 Å². The third-order valence-corrected chi connectivity index (χ3v) is 4.62. The average Bonchev–Trinajstić information content (AvgIpc) is 2.96. The van der Waals surface area contributed by atoms with Crippen molar-refractivity contribution in [2.45, 2.75) is 20.8 Å². The smallest absolute Gasteiger partial charge is 0.264 e. The van der Waals surface area contributed by atoms with Crippen LogP contribution in [0.1, 0.15) is 28.4 Å². The normalized spacial score (nSPS) is 10.7. The predicted molar refractivity (Wildman–Crippen MR) is 99.7 cm³/mol. The summed E-state index contributed by atoms with van der Waals surface area (Å²) >= 11 is 1.44. The minimum Gasteiger partial charge on any atom is -0.484 e. The highest BCUT2D eigenvalue weighted by molar-refractivity contribution is 7.22. The van der Waals surface area contributed by atoms with E-state index in [9.17, 15) is 9.59 Å². The van der Waals surface area contributed by atoms with E-state index in [4.69, 9.17) is 4.74 Å². The molecular formula is C19H18N2O3S. The fourth-order valence-corrected chi connectivity index (χ4v) is 3.57. The van der Waals surface area contributed by atoms with E-state index in [0.29, 0.717) is 16.4 Å². The molecule has 1 heterocycles. The molecular weight excluding hydrogens is 336 g/mol. The number of carbonyl (C=O) groups is 2. The highest BCUT2D eigenvalue weighted by Gasteiger charge is 2.10. The molecule has 0 aliphatic carbocycles. The number of ketones is 1. The summed E-state index contributed by atoms with van der Waals surface area (Å²) in [5.41, 5.74) is 3.78. The topological polar surface area (TPSA) is 68.3 Å². The van der Waals surface area contributed by atoms with Gasteiger partial charge in [-0.3, -0.25) is 14.9 Å². The summed E-state index contributed by atoms with van der Waals surface area (Å²) in [7, 11) is 0. The standard InChI is InChI=1S/C19H18N2O3S/c1-11-8-12(2)18-16(9-11)25-19(21-18)20-17(23)10-24-15-6-4-14(5-7-15)13(3)22/h4-9H,10H2,1-3H3,(H,20,21,23). The summed E-state index contributed by atoms with van der Waals surface area (Å²) in [6.07, 6.45) is 0. The molecule has 0 aliphatic heterocycles. The lowest BCUT2D eigenvalue weighted by atomic mass is 10.1. The number of Topliss-reactive ketones (excluding diaryl/α,β-unsaturated/α-hetero) is 1. The van der Waals surface area contributed by atoms with Crippen molar-refractivity contribution >= 4 is 38.4 Å². The average molecular weight is 354 g/mol. The first-order valence-electron chi connectivity index (χ1n) is 7.84. The quantitative estimate of drug-likeness (QED) is 0.700. The van der Waals surface area contributed by atoms with Gasteiger partial charge in [-0.25, -0.2) is 4.98 Å². The lowest BCUT2D eigenvalue weighted by Gasteiger charge is -2.06. The number of hydrogen-bond donors (Lipinski definition) is 1. The second-order valence-corrected chi connectivity index (χ2v) is 6.90. The third-order valence-electron chi connectivity index (χ3n) is 3.71. The molecule has 1 aromatic heterocycles. The molecule has 0 bridgehead atoms. The van der Waals surface area contributed by atoms with Gasteiger partial charge in [0.1, 0.15) is 5.75 Å². The summed E-state index contributed by atoms with van der Waals surface area (Å²) in [5.74, 6) is 0.255. The highest BCUT2D eigenvalue weighted by Crippen LogP contribution is 2.29. The van der Waals surface area contributed by atoms with Gasteiger partial charge < -0.3 is 4.74 Å². The molecule has 128 valence electrons. The molecule has 0 saturated carbocycles. The molecule has 0 radical (unpaired) electrons. The van der Waals surface area contributed by atoms with E-state index in [1.165, 1.54) is 23.8 Å². The number of aromatic nitrogens is 1. The molecule has 1 amide bonds. The van der Waals surface area contributed by atoms with Gasteiger partial charge in [-0.2, -0.15) is 0 Å². The van der Waals surface area contributed by atoms with E-state index in [0.717, 1.165) is 15.8 Å². The van der Waals surface area contributed by atoms with Gasteiger partial charge in [0, 0.05) is 5.56 Å². The molecule has 0 aliphatic rings. The SMILES string of the molecule is CC(=O)c1ccc(OCC(=O)Nc2nc3c(C)cc(C)cc3s2)cc1. The molecule has 0 fully saturated rings. The Balaban J connectivity index is 1.62. The lowest BCUT2D eigenvalue weighted by molar-refractivity contribution is -0.118. The number of ether oxygens (including phenoxy) is 1. The van der Waals surface area contributed by atoms with Crippen LogP contribution in [-0.2, 0) is 4.79 Å². The molecule has 0 saturated heterocycles. The van der Waals surface area contributed by atoms with Crippen LogP contribution in [0.15, 0.2) is 36.4 Å². The zero-order chi connectivity index (χ0) is 18.0. The van der Waals surface area contributed by atoms with Crippen LogP contribution in [0, 0.1) is 13.8 Å². The Hall–Kier alpha value is -2.73. The summed E-state index contributed by atoms with van der Waals surface area (Å²) in [6.45, 7) is 5.43. The van der Waals surface area contributed by atoms with Crippen LogP contribution in [0.4, 0.5) is 5.13 Å². The maximum Gasteiger partial charge on any atom is 0.264 e. The number of aryl methyl sites for hydroxylation is 2. The van der Waals surface area contributed by atoms with Gasteiger partial charge in [0.25, 0.3) is 5.91 Å². The zero-order valence-corrected chi connectivity index (χ0v) is 15.1. The van der Waals surface area contributed by atoms with Gasteiger partial charge in [-0.15, -0.1) is 0 Å². The van der Waals surface area contributed by atoms with Gasteiger partial charge >= 0.3 is 0 Å². The Kier molecular flexibility index (Phi) is 4.81. The third kappa shape index (κ3) is 4.03. The molecule has 0 unspecified atom stereocenters. The molecule has 0 atom stereocenters. The number of nitrogens with zero attached hydrogens (tertiary/aromatic N) is 1. The van der Waals surface area contributed by atoms with Crippen LogP contribution < -0.4 is 10.1 Å². The van der Waals surface area contributed by atoms with Crippen molar-refractivity contribution in [1.29, 1.82) is 0 Å². The lowest BCUT2D eigenvalue weighted by Crippen LogP contribution is -2.20. The molecule has 6 heteroatoms. The Labute approximate surface area is 149 Å². The fourth-order valence-electron chi connectivity index (χ4n) is 2.51. The zero-order valence-electron chi connectivity index (χ0n) is 14.3. The summed E-state index contributed by atoms with van der Waals surface area (Å²) in [6, 6.07) is 10.8. The van der Waals surface area contributed by atoms with Crippen LogP contribution in [0.3, 0.4) is 0 Å². The number of thiazole rings is 1. The van der Waals surface area contributed by atoms with Crippen molar-refractivity contribution in [3.8, 4) is 5.75 Å². The van der Waals surface area contributed by atoms with Crippen LogP contribution in [0.5, 0.6) is 5.75 Å². The number of amides is 1. The first-order chi connectivity index (χ1) is 11.9. The van der Waals surface area contributed by atoms with Crippen LogP contribution in [-0.4, -0.2) is 23.3 Å². The first kappa shape index (κ1) is 17.1. The Morgan fingerprint density at radius 3 is 2.56 bits per heavy atom. The minimum atomic E-state index is -0.274. The predicted octanol–water partition coefficient (Wildman–Crippen LogP) is 4.13. The van der Waals surface area contributed by atoms with Crippen molar-refractivity contribution in [1.82, 2.24) is 4.98 Å². The van der Waals surface area contributed by atoms with Gasteiger partial charge in [0.05, 0.1) is 10.2 Å². The Morgan fingerprint density at radius 2 is 1.88 bits per heavy atom. The van der Waals surface area contributed by atoms with Gasteiger partial charge in [0.2, 0.25) is 0 Å². The number of hydrogen-bond acceptors (Lipinski definition) is 5. The highest BCUT2D eigenvalue weighted by atomic mass is 32.1. The van der Waals surface area contributed by atoms with E-state index in [1.54, 1.807) is 24.3 Å². The van der Waals surface area contributed by atoms with Crippen molar-refractivity contribution in [2.24, 2.45) is 0 Å². The molecule has 3 aromatic rings. The maximum atomic E-state index is 12.1. The number of carbonyl (C=O) groups excluding carboxylic acids is 2. The second kappa shape index (κ2) is 7.03. The number of anilines is 1. The van der Waals surface area contributed by atoms with Crippen molar-refractivity contribution in [2.75, 3.05) is 11.9 Å². The van der Waals surface area contributed by atoms with Gasteiger partial charge in [0.15, 0.2) is 17.5 Å². The monoisotopic (exact) mass is 354 g/mol. The minimum absolute atomic E-state index is 0.00865. The summed E-state index contributed by atoms with van der Waals surface area (Å²) < 4.78 is 6.49. The number of benzene rings is 2. The second-order valence-electron chi connectivity index (χ2n) is 5.86. The first-order valence-corrected chi connectivity index (χ1v) is 8.65. The number of nitrogens with one attached hydrogen (secondary N) is 1. The van der Waals surface area contributed by atoms with Gasteiger partial charge in [-0.1, -0.05) is 17.4 Å². The number of rotatable bonds is 5. The van der Waals surface area contributed by atoms with Crippen molar-refractivity contribution in [3.05, 3.63) is 53.1 Å². The van der Waals surface area contributed by atoms with Crippen LogP contribution in [0.2, 0.25) is 0 Å². The Bertz CT molecular complexity index is 945. The van der Waals surface area contributed by atoms with E-state index in [1.807, 2.05) is 13.8 Å². The molecule has 0 spiro atoms. The molecule has 3 rings (SSSR count). The van der Waals surface area contributed by atoms with Crippen LogP contribution >= 0.6 is 11.3 Å². The maximum absolute atomic E-state index is 12.1. The molecule has 5 nitrogen and oxygen atoms in total. The van der Waals surface area contributed by atoms with E-state index in [2.05, 4.69) is 22.4 Å². The van der Waals surface area contributed by atoms with Gasteiger partial charge in [-0.05, 0) is 62.2 Å².